The molecule has 2 heterocycles. The quantitative estimate of drug-likeness (QED) is 0.926. The van der Waals surface area contributed by atoms with Crippen LogP contribution < -0.4 is 0 Å². The molecule has 6 heteroatoms. The largest absolute Gasteiger partial charge is 0.481 e. The maximum Gasteiger partial charge on any atom is 0.311 e. The van der Waals surface area contributed by atoms with Crippen LogP contribution in [0.25, 0.3) is 0 Å². The first-order chi connectivity index (χ1) is 8.88. The summed E-state index contributed by atoms with van der Waals surface area (Å²) >= 11 is 5.78. The molecule has 1 unspecified atom stereocenters. The van der Waals surface area contributed by atoms with E-state index >= 15 is 0 Å². The molecule has 0 aromatic carbocycles. The van der Waals surface area contributed by atoms with E-state index in [-0.39, 0.29) is 29.2 Å². The minimum Gasteiger partial charge on any atom is -0.481 e. The first kappa shape index (κ1) is 13.9. The van der Waals surface area contributed by atoms with Crippen LogP contribution in [0.2, 0.25) is 5.22 Å². The predicted octanol–water partition coefficient (Wildman–Crippen LogP) is 2.51. The maximum absolute atomic E-state index is 12.3. The van der Waals surface area contributed by atoms with Gasteiger partial charge in [0.25, 0.3) is 5.91 Å². The van der Waals surface area contributed by atoms with Crippen molar-refractivity contribution in [3.05, 3.63) is 23.1 Å². The Morgan fingerprint density at radius 2 is 2.21 bits per heavy atom. The minimum absolute atomic E-state index is 0.0392. The molecule has 1 aromatic heterocycles. The van der Waals surface area contributed by atoms with Gasteiger partial charge in [-0.3, -0.25) is 9.59 Å². The van der Waals surface area contributed by atoms with Gasteiger partial charge >= 0.3 is 5.97 Å². The fraction of sp³-hybridized carbons (Fsp3) is 0.538. The van der Waals surface area contributed by atoms with Crippen molar-refractivity contribution in [2.45, 2.75) is 20.3 Å². The van der Waals surface area contributed by atoms with Gasteiger partial charge in [0, 0.05) is 13.1 Å². The fourth-order valence-electron chi connectivity index (χ4n) is 2.52. The zero-order valence-electron chi connectivity index (χ0n) is 10.9. The molecule has 1 aliphatic heterocycles. The smallest absolute Gasteiger partial charge is 0.311 e. The molecule has 1 amide bonds. The first-order valence-electron chi connectivity index (χ1n) is 6.14. The number of amides is 1. The van der Waals surface area contributed by atoms with Gasteiger partial charge in [-0.2, -0.15) is 0 Å². The van der Waals surface area contributed by atoms with E-state index in [4.69, 9.17) is 16.0 Å². The van der Waals surface area contributed by atoms with Crippen molar-refractivity contribution in [1.82, 2.24) is 4.90 Å². The van der Waals surface area contributed by atoms with Gasteiger partial charge in [-0.25, -0.2) is 0 Å². The Morgan fingerprint density at radius 1 is 1.53 bits per heavy atom. The lowest BCUT2D eigenvalue weighted by atomic mass is 9.76. The highest BCUT2D eigenvalue weighted by atomic mass is 35.5. The fourth-order valence-corrected chi connectivity index (χ4v) is 2.71. The third-order valence-corrected chi connectivity index (χ3v) is 4.26. The molecule has 1 atom stereocenters. The van der Waals surface area contributed by atoms with Crippen LogP contribution >= 0.6 is 11.6 Å². The van der Waals surface area contributed by atoms with E-state index in [2.05, 4.69) is 0 Å². The van der Waals surface area contributed by atoms with Crippen molar-refractivity contribution in [2.24, 2.45) is 11.3 Å². The molecular formula is C13H16ClNO4. The van der Waals surface area contributed by atoms with Crippen LogP contribution in [-0.2, 0) is 4.79 Å². The van der Waals surface area contributed by atoms with E-state index in [9.17, 15) is 14.7 Å². The molecule has 0 bridgehead atoms. The van der Waals surface area contributed by atoms with Crippen molar-refractivity contribution >= 4 is 23.5 Å². The average molecular weight is 286 g/mol. The molecule has 1 N–H and O–H groups in total. The molecule has 5 nitrogen and oxygen atoms in total. The minimum atomic E-state index is -0.869. The Bertz CT molecular complexity index is 510. The van der Waals surface area contributed by atoms with Crippen LogP contribution in [0.5, 0.6) is 0 Å². The summed E-state index contributed by atoms with van der Waals surface area (Å²) in [5, 5.41) is 9.48. The normalized spacial score (nSPS) is 23.1. The number of likely N-dealkylation sites (tertiary alicyclic amines) is 1. The Morgan fingerprint density at radius 3 is 2.63 bits per heavy atom. The second-order valence-corrected chi connectivity index (χ2v) is 5.54. The second kappa shape index (κ2) is 4.89. The molecule has 104 valence electrons. The molecular weight excluding hydrogens is 270 g/mol. The molecule has 0 radical (unpaired) electrons. The summed E-state index contributed by atoms with van der Waals surface area (Å²) in [5.74, 6) is -1.17. The van der Waals surface area contributed by atoms with Crippen molar-refractivity contribution in [3.8, 4) is 0 Å². The molecule has 0 spiro atoms. The number of hydrogen-bond donors (Lipinski definition) is 1. The Hall–Kier alpha value is -1.49. The summed E-state index contributed by atoms with van der Waals surface area (Å²) in [5.41, 5.74) is -0.585. The van der Waals surface area contributed by atoms with Crippen molar-refractivity contribution < 1.29 is 19.1 Å². The van der Waals surface area contributed by atoms with Crippen LogP contribution in [0.4, 0.5) is 0 Å². The van der Waals surface area contributed by atoms with Gasteiger partial charge < -0.3 is 14.4 Å². The number of nitrogens with zero attached hydrogens (tertiary/aromatic N) is 1. The molecule has 1 aromatic rings. The number of carboxylic acid groups (broad SMARTS) is 1. The molecule has 1 fully saturated rings. The van der Waals surface area contributed by atoms with Crippen molar-refractivity contribution in [2.75, 3.05) is 13.1 Å². The van der Waals surface area contributed by atoms with E-state index in [0.29, 0.717) is 13.0 Å². The van der Waals surface area contributed by atoms with Gasteiger partial charge in [0.1, 0.15) is 0 Å². The van der Waals surface area contributed by atoms with Gasteiger partial charge in [-0.1, -0.05) is 13.8 Å². The lowest BCUT2D eigenvalue weighted by Crippen LogP contribution is -2.40. The van der Waals surface area contributed by atoms with E-state index in [1.54, 1.807) is 0 Å². The van der Waals surface area contributed by atoms with Crippen LogP contribution in [0.3, 0.4) is 0 Å². The predicted molar refractivity (Wildman–Crippen MR) is 69.1 cm³/mol. The van der Waals surface area contributed by atoms with Crippen molar-refractivity contribution in [3.63, 3.8) is 0 Å². The van der Waals surface area contributed by atoms with Gasteiger partial charge in [0.05, 0.1) is 17.2 Å². The molecule has 2 rings (SSSR count). The molecule has 0 aliphatic carbocycles. The summed E-state index contributed by atoms with van der Waals surface area (Å²) in [6.45, 7) is 4.37. The number of carbonyl (C=O) groups excluding carboxylic acids is 1. The standard InChI is InChI=1S/C13H16ClNO4/c1-8(2)13(12(17)18)4-5-15(7-13)11(16)9-3-6-19-10(9)14/h3,6,8H,4-5,7H2,1-2H3,(H,17,18). The van der Waals surface area contributed by atoms with Gasteiger partial charge in [0.15, 0.2) is 0 Å². The van der Waals surface area contributed by atoms with Crippen LogP contribution in [0.15, 0.2) is 16.7 Å². The average Bonchev–Trinajstić information content (AvgIpc) is 2.94. The maximum atomic E-state index is 12.3. The number of hydrogen-bond acceptors (Lipinski definition) is 3. The third kappa shape index (κ3) is 2.23. The summed E-state index contributed by atoms with van der Waals surface area (Å²) in [6.07, 6.45) is 1.81. The Labute approximate surface area is 116 Å². The van der Waals surface area contributed by atoms with Gasteiger partial charge in [0.2, 0.25) is 5.22 Å². The van der Waals surface area contributed by atoms with Gasteiger partial charge in [-0.05, 0) is 30.0 Å². The van der Waals surface area contributed by atoms with Crippen LogP contribution in [-0.4, -0.2) is 35.0 Å². The zero-order chi connectivity index (χ0) is 14.2. The van der Waals surface area contributed by atoms with Crippen LogP contribution in [0.1, 0.15) is 30.6 Å². The number of furan rings is 1. The summed E-state index contributed by atoms with van der Waals surface area (Å²) in [4.78, 5) is 25.3. The number of aliphatic carboxylic acids is 1. The molecule has 1 aliphatic rings. The number of rotatable bonds is 3. The monoisotopic (exact) mass is 285 g/mol. The topological polar surface area (TPSA) is 70.8 Å². The number of carboxylic acids is 1. The highest BCUT2D eigenvalue weighted by Gasteiger charge is 2.48. The zero-order valence-corrected chi connectivity index (χ0v) is 11.6. The lowest BCUT2D eigenvalue weighted by Gasteiger charge is -2.28. The summed E-state index contributed by atoms with van der Waals surface area (Å²) < 4.78 is 4.89. The van der Waals surface area contributed by atoms with Gasteiger partial charge in [-0.15, -0.1) is 0 Å². The third-order valence-electron chi connectivity index (χ3n) is 3.97. The molecule has 0 saturated carbocycles. The van der Waals surface area contributed by atoms with E-state index in [1.807, 2.05) is 13.8 Å². The molecule has 19 heavy (non-hydrogen) atoms. The van der Waals surface area contributed by atoms with Crippen molar-refractivity contribution in [1.29, 1.82) is 0 Å². The highest BCUT2D eigenvalue weighted by Crippen LogP contribution is 2.39. The first-order valence-corrected chi connectivity index (χ1v) is 6.52. The van der Waals surface area contributed by atoms with Crippen LogP contribution in [0, 0.1) is 11.3 Å². The summed E-state index contributed by atoms with van der Waals surface area (Å²) in [6, 6.07) is 1.50. The SMILES string of the molecule is CC(C)C1(C(=O)O)CCN(C(=O)c2ccoc2Cl)C1. The molecule has 1 saturated heterocycles. The van der Waals surface area contributed by atoms with E-state index in [0.717, 1.165) is 0 Å². The van der Waals surface area contributed by atoms with E-state index in [1.165, 1.54) is 17.2 Å². The number of halogens is 1. The Balaban J connectivity index is 2.20. The Kier molecular flexibility index (Phi) is 3.58. The second-order valence-electron chi connectivity index (χ2n) is 5.20. The summed E-state index contributed by atoms with van der Waals surface area (Å²) in [7, 11) is 0. The lowest BCUT2D eigenvalue weighted by molar-refractivity contribution is -0.150. The van der Waals surface area contributed by atoms with E-state index < -0.39 is 11.4 Å². The number of carbonyl (C=O) groups is 2. The highest BCUT2D eigenvalue weighted by molar-refractivity contribution is 6.32.